The van der Waals surface area contributed by atoms with Crippen LogP contribution in [0.1, 0.15) is 44.7 Å². The highest BCUT2D eigenvalue weighted by Gasteiger charge is 2.49. The van der Waals surface area contributed by atoms with Crippen LogP contribution in [-0.4, -0.2) is 14.9 Å². The molecule has 0 aliphatic heterocycles. The predicted octanol–water partition coefficient (Wildman–Crippen LogP) is 7.79. The lowest BCUT2D eigenvalue weighted by atomic mass is 10.1. The fourth-order valence-corrected chi connectivity index (χ4v) is 10.1. The zero-order chi connectivity index (χ0) is 23.2. The van der Waals surface area contributed by atoms with Crippen molar-refractivity contribution in [3.63, 3.8) is 0 Å². The summed E-state index contributed by atoms with van der Waals surface area (Å²) in [5.41, 5.74) is 2.13. The Balaban J connectivity index is 1.77. The summed E-state index contributed by atoms with van der Waals surface area (Å²) in [6.45, 7) is 7.66. The van der Waals surface area contributed by atoms with E-state index in [0.717, 1.165) is 47.0 Å². The summed E-state index contributed by atoms with van der Waals surface area (Å²) in [6, 6.07) is 25.5. The molecule has 0 unspecified atom stereocenters. The molecule has 0 amide bonds. The summed E-state index contributed by atoms with van der Waals surface area (Å²) in [5.74, 6) is 0. The lowest BCUT2D eigenvalue weighted by Gasteiger charge is -2.43. The van der Waals surface area contributed by atoms with Crippen molar-refractivity contribution in [2.75, 3.05) is 6.61 Å². The molecule has 0 saturated carbocycles. The average molecular weight is 550 g/mol. The molecule has 3 rings (SSSR count). The van der Waals surface area contributed by atoms with Crippen LogP contribution < -0.4 is 10.4 Å². The van der Waals surface area contributed by atoms with Gasteiger partial charge in [0.05, 0.1) is 0 Å². The first kappa shape index (κ1) is 25.5. The topological polar surface area (TPSA) is 9.23 Å². The van der Waals surface area contributed by atoms with Gasteiger partial charge in [0.25, 0.3) is 8.32 Å². The Morgan fingerprint density at radius 3 is 1.78 bits per heavy atom. The maximum atomic E-state index is 6.97. The van der Waals surface area contributed by atoms with Crippen molar-refractivity contribution < 1.29 is 4.43 Å². The SMILES string of the molecule is CC(C)(C)[Si](OCCCCc1cc(Cl)c(CBr)cc1Cl)(c1ccccc1)c1ccccc1. The molecule has 0 fully saturated rings. The Kier molecular flexibility index (Phi) is 9.05. The van der Waals surface area contributed by atoms with Gasteiger partial charge in [-0.3, -0.25) is 0 Å². The van der Waals surface area contributed by atoms with Crippen LogP contribution in [0, 0.1) is 0 Å². The summed E-state index contributed by atoms with van der Waals surface area (Å²) in [4.78, 5) is 0. The van der Waals surface area contributed by atoms with Gasteiger partial charge >= 0.3 is 0 Å². The Morgan fingerprint density at radius 2 is 1.28 bits per heavy atom. The minimum absolute atomic E-state index is 0.00193. The van der Waals surface area contributed by atoms with E-state index in [9.17, 15) is 0 Å². The van der Waals surface area contributed by atoms with Gasteiger partial charge in [-0.25, -0.2) is 0 Å². The van der Waals surface area contributed by atoms with E-state index in [4.69, 9.17) is 27.6 Å². The van der Waals surface area contributed by atoms with Crippen molar-refractivity contribution in [1.82, 2.24) is 0 Å². The Hall–Kier alpha value is -1.10. The maximum absolute atomic E-state index is 6.97. The van der Waals surface area contributed by atoms with Gasteiger partial charge in [0, 0.05) is 22.0 Å². The average Bonchev–Trinajstić information content (AvgIpc) is 2.78. The van der Waals surface area contributed by atoms with E-state index < -0.39 is 8.32 Å². The number of alkyl halides is 1. The van der Waals surface area contributed by atoms with E-state index in [1.807, 2.05) is 12.1 Å². The molecule has 0 N–H and O–H groups in total. The summed E-state index contributed by atoms with van der Waals surface area (Å²) in [7, 11) is -2.46. The summed E-state index contributed by atoms with van der Waals surface area (Å²) >= 11 is 16.3. The smallest absolute Gasteiger partial charge is 0.261 e. The lowest BCUT2D eigenvalue weighted by Crippen LogP contribution is -2.66. The number of aryl methyl sites for hydroxylation is 1. The van der Waals surface area contributed by atoms with Crippen LogP contribution in [0.15, 0.2) is 72.8 Å². The van der Waals surface area contributed by atoms with Crippen LogP contribution in [0.4, 0.5) is 0 Å². The van der Waals surface area contributed by atoms with Crippen molar-refractivity contribution in [3.8, 4) is 0 Å². The number of halogens is 3. The molecule has 32 heavy (non-hydrogen) atoms. The second-order valence-electron chi connectivity index (χ2n) is 9.14. The number of hydrogen-bond acceptors (Lipinski definition) is 1. The highest BCUT2D eigenvalue weighted by atomic mass is 79.9. The van der Waals surface area contributed by atoms with Crippen molar-refractivity contribution in [2.45, 2.75) is 50.4 Å². The van der Waals surface area contributed by atoms with Gasteiger partial charge in [-0.1, -0.05) is 121 Å². The Labute approximate surface area is 212 Å². The molecule has 0 saturated heterocycles. The molecule has 3 aromatic carbocycles. The van der Waals surface area contributed by atoms with Gasteiger partial charge in [-0.2, -0.15) is 0 Å². The molecule has 0 aliphatic carbocycles. The fourth-order valence-electron chi connectivity index (χ4n) is 4.33. The van der Waals surface area contributed by atoms with Gasteiger partial charge < -0.3 is 4.43 Å². The highest BCUT2D eigenvalue weighted by molar-refractivity contribution is 9.08. The van der Waals surface area contributed by atoms with Crippen molar-refractivity contribution in [1.29, 1.82) is 0 Å². The zero-order valence-electron chi connectivity index (χ0n) is 19.0. The zero-order valence-corrected chi connectivity index (χ0v) is 23.1. The number of unbranched alkanes of at least 4 members (excludes halogenated alkanes) is 1. The summed E-state index contributed by atoms with van der Waals surface area (Å²) < 4.78 is 6.97. The van der Waals surface area contributed by atoms with E-state index in [1.165, 1.54) is 10.4 Å². The second kappa shape index (κ2) is 11.4. The number of hydrogen-bond donors (Lipinski definition) is 0. The van der Waals surface area contributed by atoms with Crippen LogP contribution in [0.25, 0.3) is 0 Å². The molecule has 0 aliphatic rings. The Morgan fingerprint density at radius 1 is 0.781 bits per heavy atom. The van der Waals surface area contributed by atoms with Crippen molar-refractivity contribution in [2.24, 2.45) is 0 Å². The molecule has 5 heteroatoms. The quantitative estimate of drug-likeness (QED) is 0.150. The van der Waals surface area contributed by atoms with Crippen LogP contribution in [0.3, 0.4) is 0 Å². The monoisotopic (exact) mass is 548 g/mol. The molecule has 0 spiro atoms. The Bertz CT molecular complexity index is 964. The van der Waals surface area contributed by atoms with Gasteiger partial charge in [-0.05, 0) is 57.9 Å². The van der Waals surface area contributed by atoms with E-state index in [0.29, 0.717) is 5.33 Å². The molecule has 0 aromatic heterocycles. The molecule has 0 heterocycles. The van der Waals surface area contributed by atoms with Gasteiger partial charge in [0.15, 0.2) is 0 Å². The van der Waals surface area contributed by atoms with Gasteiger partial charge in [-0.15, -0.1) is 0 Å². The first-order valence-electron chi connectivity index (χ1n) is 11.1. The van der Waals surface area contributed by atoms with Crippen LogP contribution in [0.2, 0.25) is 15.1 Å². The van der Waals surface area contributed by atoms with Crippen LogP contribution in [0.5, 0.6) is 0 Å². The molecule has 0 radical (unpaired) electrons. The van der Waals surface area contributed by atoms with Gasteiger partial charge in [0.1, 0.15) is 0 Å². The third kappa shape index (κ3) is 5.68. The molecular formula is C27H31BrCl2OSi. The molecule has 3 aromatic rings. The lowest BCUT2D eigenvalue weighted by molar-refractivity contribution is 0.288. The minimum Gasteiger partial charge on any atom is -0.407 e. The first-order valence-corrected chi connectivity index (χ1v) is 14.9. The van der Waals surface area contributed by atoms with Gasteiger partial charge in [0.2, 0.25) is 0 Å². The number of benzene rings is 3. The normalized spacial score (nSPS) is 12.2. The fraction of sp³-hybridized carbons (Fsp3) is 0.333. The molecule has 0 atom stereocenters. The largest absolute Gasteiger partial charge is 0.407 e. The first-order chi connectivity index (χ1) is 15.3. The molecule has 0 bridgehead atoms. The molecule has 1 nitrogen and oxygen atoms in total. The standard InChI is InChI=1S/C27H31BrCl2OSi/c1-27(2,3)32(23-13-6-4-7-14-23,24-15-8-5-9-16-24)31-17-11-10-12-21-18-26(30)22(20-28)19-25(21)29/h4-9,13-16,18-19H,10-12,17,20H2,1-3H3. The third-order valence-electron chi connectivity index (χ3n) is 5.94. The van der Waals surface area contributed by atoms with Crippen LogP contribution in [-0.2, 0) is 16.2 Å². The van der Waals surface area contributed by atoms with Crippen molar-refractivity contribution >= 4 is 57.8 Å². The predicted molar refractivity (Wildman–Crippen MR) is 146 cm³/mol. The molecular weight excluding hydrogens is 519 g/mol. The van der Waals surface area contributed by atoms with E-state index in [2.05, 4.69) is 97.4 Å². The number of rotatable bonds is 9. The van der Waals surface area contributed by atoms with E-state index in [1.54, 1.807) is 0 Å². The van der Waals surface area contributed by atoms with E-state index >= 15 is 0 Å². The van der Waals surface area contributed by atoms with E-state index in [-0.39, 0.29) is 5.04 Å². The second-order valence-corrected chi connectivity index (χ2v) is 14.8. The maximum Gasteiger partial charge on any atom is 0.261 e. The highest BCUT2D eigenvalue weighted by Crippen LogP contribution is 2.37. The third-order valence-corrected chi connectivity index (χ3v) is 12.3. The summed E-state index contributed by atoms with van der Waals surface area (Å²) in [6.07, 6.45) is 2.87. The van der Waals surface area contributed by atoms with Crippen molar-refractivity contribution in [3.05, 3.63) is 94.0 Å². The minimum atomic E-state index is -2.46. The van der Waals surface area contributed by atoms with Crippen LogP contribution >= 0.6 is 39.1 Å². The summed E-state index contributed by atoms with van der Waals surface area (Å²) in [5, 5.41) is 4.90. The molecule has 170 valence electrons.